The summed E-state index contributed by atoms with van der Waals surface area (Å²) in [4.78, 5) is 11.2. The van der Waals surface area contributed by atoms with Gasteiger partial charge >= 0.3 is 5.97 Å². The minimum absolute atomic E-state index is 0.0857. The molecule has 0 aliphatic heterocycles. The smallest absolute Gasteiger partial charge is 0.305 e. The summed E-state index contributed by atoms with van der Waals surface area (Å²) in [5.41, 5.74) is 0. The Labute approximate surface area is 196 Å². The van der Waals surface area contributed by atoms with E-state index in [0.29, 0.717) is 18.6 Å². The van der Waals surface area contributed by atoms with Gasteiger partial charge in [-0.3, -0.25) is 4.79 Å². The summed E-state index contributed by atoms with van der Waals surface area (Å²) in [6.07, 6.45) is 16.8. The van der Waals surface area contributed by atoms with Crippen LogP contribution in [0.25, 0.3) is 0 Å². The fourth-order valence-corrected chi connectivity index (χ4v) is 6.44. The summed E-state index contributed by atoms with van der Waals surface area (Å²) in [6, 6.07) is 0. The van der Waals surface area contributed by atoms with Crippen LogP contribution in [-0.4, -0.2) is 41.9 Å². The third-order valence-corrected chi connectivity index (χ3v) is 7.45. The first kappa shape index (κ1) is 30.8. The molecule has 0 heterocycles. The van der Waals surface area contributed by atoms with Crippen LogP contribution in [-0.2, 0) is 18.4 Å². The van der Waals surface area contributed by atoms with E-state index in [1.165, 1.54) is 64.9 Å². The van der Waals surface area contributed by atoms with Crippen molar-refractivity contribution in [3.8, 4) is 0 Å². The zero-order chi connectivity index (χ0) is 23.8. The fraction of sp³-hybridized carbons (Fsp3) is 0.960. The number of methoxy groups -OCH3 is 1. The van der Waals surface area contributed by atoms with Crippen molar-refractivity contribution in [2.45, 2.75) is 148 Å². The summed E-state index contributed by atoms with van der Waals surface area (Å²) in [7, 11) is -1.60. The number of carbonyl (C=O) groups excluding carboxylic acids is 1. The molecule has 0 N–H and O–H groups in total. The first-order valence-corrected chi connectivity index (χ1v) is 19.7. The van der Waals surface area contributed by atoms with Gasteiger partial charge in [-0.05, 0) is 71.4 Å². The lowest BCUT2D eigenvalue weighted by molar-refractivity contribution is -0.140. The van der Waals surface area contributed by atoms with Crippen LogP contribution < -0.4 is 0 Å². The zero-order valence-corrected chi connectivity index (χ0v) is 24.2. The van der Waals surface area contributed by atoms with E-state index < -0.39 is 16.6 Å². The van der Waals surface area contributed by atoms with Gasteiger partial charge in [-0.1, -0.05) is 58.3 Å². The van der Waals surface area contributed by atoms with Crippen LogP contribution in [0.2, 0.25) is 39.3 Å². The summed E-state index contributed by atoms with van der Waals surface area (Å²) >= 11 is 0. The highest BCUT2D eigenvalue weighted by Crippen LogP contribution is 2.23. The Morgan fingerprint density at radius 3 is 1.48 bits per heavy atom. The van der Waals surface area contributed by atoms with Crippen molar-refractivity contribution in [2.24, 2.45) is 0 Å². The van der Waals surface area contributed by atoms with E-state index in [0.717, 1.165) is 25.7 Å². The maximum Gasteiger partial charge on any atom is 0.305 e. The number of rotatable bonds is 20. The quantitative estimate of drug-likeness (QED) is 0.102. The van der Waals surface area contributed by atoms with E-state index >= 15 is 0 Å². The molecule has 4 nitrogen and oxygen atoms in total. The second-order valence-electron chi connectivity index (χ2n) is 11.0. The molecule has 0 radical (unpaired) electrons. The third kappa shape index (κ3) is 21.4. The van der Waals surface area contributed by atoms with Crippen molar-refractivity contribution in [3.63, 3.8) is 0 Å². The number of ether oxygens (including phenoxy) is 1. The monoisotopic (exact) mass is 474 g/mol. The standard InChI is InChI=1S/C25H54O4Si2/c1-9-10-15-18-23(28-30(3,4)5)21-22-24(29-31(6,7)8)19-16-13-11-12-14-17-20-25(26)27-2/h23-24H,9-22H2,1-8H3. The summed E-state index contributed by atoms with van der Waals surface area (Å²) in [5.74, 6) is -0.0857. The Kier molecular flexibility index (Phi) is 17.2. The first-order valence-electron chi connectivity index (χ1n) is 12.9. The largest absolute Gasteiger partial charge is 0.469 e. The summed E-state index contributed by atoms with van der Waals surface area (Å²) < 4.78 is 17.8. The molecule has 0 aromatic rings. The van der Waals surface area contributed by atoms with Crippen LogP contribution in [0.1, 0.15) is 96.8 Å². The van der Waals surface area contributed by atoms with Gasteiger partial charge in [0, 0.05) is 18.6 Å². The number of carbonyl (C=O) groups is 1. The average molecular weight is 475 g/mol. The lowest BCUT2D eigenvalue weighted by Gasteiger charge is -2.30. The van der Waals surface area contributed by atoms with E-state index in [-0.39, 0.29) is 5.97 Å². The van der Waals surface area contributed by atoms with Gasteiger partial charge in [0.15, 0.2) is 16.6 Å². The van der Waals surface area contributed by atoms with E-state index in [2.05, 4.69) is 46.2 Å². The molecule has 0 rings (SSSR count). The molecule has 6 heteroatoms. The minimum Gasteiger partial charge on any atom is -0.469 e. The van der Waals surface area contributed by atoms with Gasteiger partial charge in [-0.25, -0.2) is 0 Å². The lowest BCUT2D eigenvalue weighted by atomic mass is 10.0. The molecular weight excluding hydrogens is 420 g/mol. The lowest BCUT2D eigenvalue weighted by Crippen LogP contribution is -2.35. The molecular formula is C25H54O4Si2. The predicted molar refractivity (Wildman–Crippen MR) is 139 cm³/mol. The molecule has 0 fully saturated rings. The van der Waals surface area contributed by atoms with Crippen molar-refractivity contribution in [1.82, 2.24) is 0 Å². The van der Waals surface area contributed by atoms with Crippen molar-refractivity contribution in [2.75, 3.05) is 7.11 Å². The van der Waals surface area contributed by atoms with Gasteiger partial charge in [0.1, 0.15) is 0 Å². The van der Waals surface area contributed by atoms with Gasteiger partial charge in [0.05, 0.1) is 7.11 Å². The number of hydrogen-bond donors (Lipinski definition) is 0. The maximum atomic E-state index is 11.2. The molecule has 0 spiro atoms. The number of esters is 1. The minimum atomic E-state index is -1.55. The molecule has 0 saturated carbocycles. The van der Waals surface area contributed by atoms with Gasteiger partial charge in [-0.15, -0.1) is 0 Å². The summed E-state index contributed by atoms with van der Waals surface area (Å²) in [5, 5.41) is 0. The molecule has 186 valence electrons. The van der Waals surface area contributed by atoms with Crippen molar-refractivity contribution >= 4 is 22.6 Å². The second kappa shape index (κ2) is 17.3. The van der Waals surface area contributed by atoms with E-state index in [1.807, 2.05) is 0 Å². The van der Waals surface area contributed by atoms with Crippen LogP contribution in [0.4, 0.5) is 0 Å². The molecule has 2 atom stereocenters. The zero-order valence-electron chi connectivity index (χ0n) is 22.2. The van der Waals surface area contributed by atoms with E-state index in [4.69, 9.17) is 13.6 Å². The normalized spacial score (nSPS) is 14.5. The molecule has 0 aromatic carbocycles. The Balaban J connectivity index is 4.38. The van der Waals surface area contributed by atoms with Gasteiger partial charge in [-0.2, -0.15) is 0 Å². The van der Waals surface area contributed by atoms with Crippen LogP contribution in [0, 0.1) is 0 Å². The Bertz CT molecular complexity index is 444. The third-order valence-electron chi connectivity index (χ3n) is 5.37. The molecule has 0 bridgehead atoms. The van der Waals surface area contributed by atoms with Gasteiger partial charge < -0.3 is 13.6 Å². The topological polar surface area (TPSA) is 44.8 Å². The molecule has 0 aliphatic carbocycles. The average Bonchev–Trinajstić information content (AvgIpc) is 2.65. The Morgan fingerprint density at radius 1 is 0.645 bits per heavy atom. The molecule has 31 heavy (non-hydrogen) atoms. The number of hydrogen-bond acceptors (Lipinski definition) is 4. The first-order chi connectivity index (χ1) is 14.5. The highest BCUT2D eigenvalue weighted by atomic mass is 28.4. The molecule has 0 aliphatic rings. The van der Waals surface area contributed by atoms with Crippen molar-refractivity contribution in [1.29, 1.82) is 0 Å². The SMILES string of the molecule is CCCCCC(CCC(CCCCCCCCC(=O)OC)O[Si](C)(C)C)O[Si](C)(C)C. The van der Waals surface area contributed by atoms with Gasteiger partial charge in [0.2, 0.25) is 0 Å². The molecule has 0 amide bonds. The Hall–Kier alpha value is -0.176. The van der Waals surface area contributed by atoms with Crippen LogP contribution in [0.5, 0.6) is 0 Å². The van der Waals surface area contributed by atoms with E-state index in [1.54, 1.807) is 0 Å². The molecule has 0 saturated heterocycles. The Morgan fingerprint density at radius 2 is 1.06 bits per heavy atom. The fourth-order valence-electron chi connectivity index (χ4n) is 3.97. The number of unbranched alkanes of at least 4 members (excludes halogenated alkanes) is 7. The highest BCUT2D eigenvalue weighted by molar-refractivity contribution is 6.70. The molecule has 2 unspecified atom stereocenters. The van der Waals surface area contributed by atoms with Crippen molar-refractivity contribution < 1.29 is 18.4 Å². The van der Waals surface area contributed by atoms with Crippen LogP contribution >= 0.6 is 0 Å². The van der Waals surface area contributed by atoms with Crippen molar-refractivity contribution in [3.05, 3.63) is 0 Å². The van der Waals surface area contributed by atoms with Crippen LogP contribution in [0.15, 0.2) is 0 Å². The van der Waals surface area contributed by atoms with E-state index in [9.17, 15) is 4.79 Å². The predicted octanol–water partition coefficient (Wildman–Crippen LogP) is 8.08. The van der Waals surface area contributed by atoms with Crippen LogP contribution in [0.3, 0.4) is 0 Å². The maximum absolute atomic E-state index is 11.2. The van der Waals surface area contributed by atoms with Gasteiger partial charge in [0.25, 0.3) is 0 Å². The highest BCUT2D eigenvalue weighted by Gasteiger charge is 2.24. The molecule has 0 aromatic heterocycles. The summed E-state index contributed by atoms with van der Waals surface area (Å²) in [6.45, 7) is 16.1. The second-order valence-corrected chi connectivity index (χ2v) is 19.9.